The summed E-state index contributed by atoms with van der Waals surface area (Å²) in [6.07, 6.45) is 8.21. The van der Waals surface area contributed by atoms with Crippen molar-refractivity contribution < 1.29 is 33.1 Å². The first-order valence-electron chi connectivity index (χ1n) is 18.9. The summed E-state index contributed by atoms with van der Waals surface area (Å²) in [5.41, 5.74) is 20.9. The van der Waals surface area contributed by atoms with Crippen molar-refractivity contribution in [2.75, 3.05) is 33.3 Å². The van der Waals surface area contributed by atoms with Crippen LogP contribution in [0.4, 0.5) is 0 Å². The number of Topliss-reactive ketones (excluding diaryl/α,β-unsaturated/α-hetero) is 1. The van der Waals surface area contributed by atoms with Crippen molar-refractivity contribution in [3.63, 3.8) is 0 Å². The first kappa shape index (κ1) is 35.2. The van der Waals surface area contributed by atoms with Gasteiger partial charge in [0, 0.05) is 56.4 Å². The third-order valence-electron chi connectivity index (χ3n) is 12.6. The van der Waals surface area contributed by atoms with E-state index in [9.17, 15) is 19.2 Å². The molecule has 2 aromatic rings. The summed E-state index contributed by atoms with van der Waals surface area (Å²) < 4.78 is 14.7. The van der Waals surface area contributed by atoms with E-state index in [1.54, 1.807) is 6.92 Å². The summed E-state index contributed by atoms with van der Waals surface area (Å²) in [5, 5.41) is 7.73. The Morgan fingerprint density at radius 1 is 0.887 bits per heavy atom. The van der Waals surface area contributed by atoms with Gasteiger partial charge in [-0.15, -0.1) is 0 Å². The van der Waals surface area contributed by atoms with Gasteiger partial charge in [-0.2, -0.15) is 9.13 Å². The molecule has 0 radical (unpaired) electrons. The maximum absolute atomic E-state index is 14.5. The largest absolute Gasteiger partial charge is 0.552 e. The van der Waals surface area contributed by atoms with Gasteiger partial charge in [0.05, 0.1) is 70.4 Å². The van der Waals surface area contributed by atoms with Gasteiger partial charge in [0.15, 0.2) is 22.9 Å². The lowest BCUT2D eigenvalue weighted by molar-refractivity contribution is -0.838. The van der Waals surface area contributed by atoms with E-state index in [-0.39, 0.29) is 67.2 Å². The summed E-state index contributed by atoms with van der Waals surface area (Å²) in [5.74, 6) is -1.90. The van der Waals surface area contributed by atoms with E-state index in [4.69, 9.17) is 16.2 Å². The van der Waals surface area contributed by atoms with Gasteiger partial charge in [0.1, 0.15) is 0 Å². The number of carbonyl (C=O) groups excluding carboxylic acids is 4. The number of hydrogen-bond donors (Lipinski definition) is 4. The number of nitrogens with one attached hydrogen (secondary N) is 2. The lowest BCUT2D eigenvalue weighted by Crippen LogP contribution is -2.70. The molecule has 2 aromatic heterocycles. The van der Waals surface area contributed by atoms with Gasteiger partial charge >= 0.3 is 11.9 Å². The van der Waals surface area contributed by atoms with Crippen LogP contribution in [-0.4, -0.2) is 86.6 Å². The molecule has 1 spiro atoms. The average molecular weight is 723 g/mol. The van der Waals surface area contributed by atoms with Crippen LogP contribution in [-0.2, 0) is 20.2 Å². The van der Waals surface area contributed by atoms with Crippen LogP contribution >= 0.6 is 0 Å². The molecule has 53 heavy (non-hydrogen) atoms. The SMILES string of the molecule is CC[C@H]1C2=Cc3c(C)c(C(=O)NCCN)c4n3C35n6c(c(C)c(C(C)=O)c6=CC(=[N+]23)[C@@H]1C)=CC1=[N+]5C(=C4CC(=O)OC)[C@@H](CCC(=O)NCCN)[C@@H]1C. The zero-order valence-corrected chi connectivity index (χ0v) is 31.7. The van der Waals surface area contributed by atoms with Gasteiger partial charge in [-0.3, -0.25) is 19.2 Å². The maximum atomic E-state index is 14.5. The van der Waals surface area contributed by atoms with Crippen molar-refractivity contribution in [2.45, 2.75) is 73.1 Å². The molecular formula is C40H50N8O5+2. The highest BCUT2D eigenvalue weighted by atomic mass is 16.5. The number of rotatable bonds is 12. The molecule has 278 valence electrons. The van der Waals surface area contributed by atoms with Gasteiger partial charge in [-0.05, 0) is 44.7 Å². The Balaban J connectivity index is 1.56. The van der Waals surface area contributed by atoms with Crippen molar-refractivity contribution in [3.8, 4) is 0 Å². The highest BCUT2D eigenvalue weighted by molar-refractivity contribution is 6.14. The fraction of sp³-hybridized carbons (Fsp3) is 0.500. The van der Waals surface area contributed by atoms with E-state index < -0.39 is 11.9 Å². The van der Waals surface area contributed by atoms with Crippen molar-refractivity contribution in [1.82, 2.24) is 19.8 Å². The number of nitrogens with two attached hydrogens (primary N) is 2. The summed E-state index contributed by atoms with van der Waals surface area (Å²) in [7, 11) is 1.38. The maximum Gasteiger partial charge on any atom is 0.552 e. The average Bonchev–Trinajstić information content (AvgIpc) is 3.80. The summed E-state index contributed by atoms with van der Waals surface area (Å²) in [6.45, 7) is 13.6. The van der Waals surface area contributed by atoms with E-state index in [2.05, 4.69) is 67.9 Å². The second kappa shape index (κ2) is 12.3. The molecule has 5 atom stereocenters. The highest BCUT2D eigenvalue weighted by Gasteiger charge is 2.76. The zero-order chi connectivity index (χ0) is 37.8. The minimum atomic E-state index is -1.12. The number of aromatic nitrogens is 2. The van der Waals surface area contributed by atoms with Gasteiger partial charge in [0.25, 0.3) is 5.91 Å². The van der Waals surface area contributed by atoms with Gasteiger partial charge < -0.3 is 26.8 Å². The van der Waals surface area contributed by atoms with Crippen LogP contribution in [0.25, 0.3) is 23.8 Å². The number of allylic oxidation sites excluding steroid dienone is 2. The Kier molecular flexibility index (Phi) is 8.19. The number of methoxy groups -OCH3 is 1. The summed E-state index contributed by atoms with van der Waals surface area (Å²) >= 11 is 0. The molecule has 0 fully saturated rings. The van der Waals surface area contributed by atoms with Crippen LogP contribution in [0.15, 0.2) is 11.4 Å². The molecule has 8 heterocycles. The molecule has 8 rings (SSSR count). The second-order valence-corrected chi connectivity index (χ2v) is 15.2. The Morgan fingerprint density at radius 3 is 2.21 bits per heavy atom. The predicted octanol–water partition coefficient (Wildman–Crippen LogP) is 0.848. The van der Waals surface area contributed by atoms with Crippen LogP contribution in [0, 0.1) is 37.5 Å². The van der Waals surface area contributed by atoms with Crippen LogP contribution < -0.4 is 32.8 Å². The minimum Gasteiger partial charge on any atom is -0.469 e. The first-order chi connectivity index (χ1) is 25.4. The number of nitrogens with zero attached hydrogens (tertiary/aromatic N) is 4. The van der Waals surface area contributed by atoms with Crippen molar-refractivity contribution in [1.29, 1.82) is 0 Å². The monoisotopic (exact) mass is 722 g/mol. The smallest absolute Gasteiger partial charge is 0.469 e. The van der Waals surface area contributed by atoms with Crippen LogP contribution in [0.2, 0.25) is 0 Å². The van der Waals surface area contributed by atoms with E-state index in [0.717, 1.165) is 56.8 Å². The molecule has 6 aliphatic rings. The molecule has 1 unspecified atom stereocenters. The fourth-order valence-electron chi connectivity index (χ4n) is 10.4. The molecular weight excluding hydrogens is 672 g/mol. The highest BCUT2D eigenvalue weighted by Crippen LogP contribution is 2.56. The van der Waals surface area contributed by atoms with E-state index in [0.29, 0.717) is 41.9 Å². The van der Waals surface area contributed by atoms with E-state index in [1.807, 2.05) is 13.8 Å². The number of ketones is 1. The normalized spacial score (nSPS) is 25.1. The van der Waals surface area contributed by atoms with E-state index in [1.165, 1.54) is 7.11 Å². The number of hydrogen-bond acceptors (Lipinski definition) is 7. The van der Waals surface area contributed by atoms with Crippen LogP contribution in [0.3, 0.4) is 0 Å². The molecule has 0 saturated heterocycles. The third-order valence-corrected chi connectivity index (χ3v) is 12.6. The Bertz CT molecular complexity index is 2330. The van der Waals surface area contributed by atoms with Crippen LogP contribution in [0.5, 0.6) is 0 Å². The number of esters is 1. The predicted molar refractivity (Wildman–Crippen MR) is 200 cm³/mol. The Labute approximate surface area is 308 Å². The molecule has 2 amide bonds. The van der Waals surface area contributed by atoms with Crippen LogP contribution in [0.1, 0.15) is 96.6 Å². The first-order valence-corrected chi connectivity index (χ1v) is 18.9. The quantitative estimate of drug-likeness (QED) is 0.143. The van der Waals surface area contributed by atoms with Gasteiger partial charge in [-0.1, -0.05) is 29.9 Å². The van der Waals surface area contributed by atoms with Gasteiger partial charge in [-0.25, -0.2) is 0 Å². The lowest BCUT2D eigenvalue weighted by Gasteiger charge is -2.39. The number of ether oxygens (including phenoxy) is 1. The second-order valence-electron chi connectivity index (χ2n) is 15.2. The summed E-state index contributed by atoms with van der Waals surface area (Å²) in [4.78, 5) is 54.8. The number of carbonyl (C=O) groups is 4. The van der Waals surface area contributed by atoms with Crippen molar-refractivity contribution >= 4 is 58.8 Å². The van der Waals surface area contributed by atoms with Gasteiger partial charge in [0.2, 0.25) is 11.6 Å². The van der Waals surface area contributed by atoms with E-state index >= 15 is 0 Å². The lowest BCUT2D eigenvalue weighted by atomic mass is 9.83. The van der Waals surface area contributed by atoms with Crippen molar-refractivity contribution in [2.24, 2.45) is 35.1 Å². The standard InChI is InChI=1S/C40H48N8O5/c1-8-24-19(2)27-18-32-35(23(6)49)21(4)29-16-28-20(3)25(9-10-33(50)43-13-11-41)37-26(15-34(51)53-7)38-36(39(52)44-14-12-42)22(5)30-17-31(24)45(27)40(46(29)32,47(28)37)48(30)38/h16-20,24-25H,8-15,41-42H2,1-7H3/p+2/t19-,20+,24-,25+,40?/m1/s1. The molecule has 6 N–H and O–H groups in total. The molecule has 13 nitrogen and oxygen atoms in total. The molecule has 0 aliphatic carbocycles. The topological polar surface area (TPSA) is 169 Å². The zero-order valence-electron chi connectivity index (χ0n) is 31.7. The molecule has 13 heteroatoms. The Morgan fingerprint density at radius 2 is 1.55 bits per heavy atom. The molecule has 0 bridgehead atoms. The van der Waals surface area contributed by atoms with Crippen molar-refractivity contribution in [3.05, 3.63) is 55.7 Å². The third kappa shape index (κ3) is 4.37. The minimum absolute atomic E-state index is 0.0118. The number of amides is 2. The molecule has 0 aromatic carbocycles. The molecule has 6 aliphatic heterocycles. The fourth-order valence-corrected chi connectivity index (χ4v) is 10.4. The summed E-state index contributed by atoms with van der Waals surface area (Å²) in [6, 6.07) is 0. The molecule has 0 saturated carbocycles. The Hall–Kier alpha value is -4.88.